The maximum Gasteiger partial charge on any atom is 0.136 e. The van der Waals surface area contributed by atoms with Crippen LogP contribution >= 0.6 is 0 Å². The highest BCUT2D eigenvalue weighted by molar-refractivity contribution is 5.83. The number of carbonyl (C=O) groups is 1. The van der Waals surface area contributed by atoms with Crippen LogP contribution in [-0.2, 0) is 4.79 Å². The predicted molar refractivity (Wildman–Crippen MR) is 125 cm³/mol. The van der Waals surface area contributed by atoms with Crippen molar-refractivity contribution in [3.05, 3.63) is 0 Å². The van der Waals surface area contributed by atoms with Gasteiger partial charge in [0.15, 0.2) is 0 Å². The molecule has 0 radical (unpaired) electrons. The van der Waals surface area contributed by atoms with E-state index in [1.807, 2.05) is 0 Å². The average molecular weight is 433 g/mol. The van der Waals surface area contributed by atoms with Crippen LogP contribution < -0.4 is 0 Å². The first-order valence-electron chi connectivity index (χ1n) is 13.4. The molecule has 0 amide bonds. The van der Waals surface area contributed by atoms with Crippen LogP contribution in [-0.4, -0.2) is 28.2 Å². The van der Waals surface area contributed by atoms with E-state index in [1.165, 1.54) is 38.5 Å². The predicted octanol–water partition coefficient (Wildman–Crippen LogP) is 5.86. The lowest BCUT2D eigenvalue weighted by Gasteiger charge is -2.61. The van der Waals surface area contributed by atoms with Gasteiger partial charge in [0.1, 0.15) is 5.78 Å². The third kappa shape index (κ3) is 3.84. The maximum atomic E-state index is 13.3. The molecule has 0 saturated heterocycles. The lowest BCUT2D eigenvalue weighted by atomic mass is 9.44. The van der Waals surface area contributed by atoms with Crippen molar-refractivity contribution in [3.8, 4) is 0 Å². The van der Waals surface area contributed by atoms with Gasteiger partial charge < -0.3 is 10.2 Å². The van der Waals surface area contributed by atoms with E-state index in [0.29, 0.717) is 41.8 Å². The van der Waals surface area contributed by atoms with Crippen molar-refractivity contribution in [1.29, 1.82) is 0 Å². The molecule has 4 aliphatic rings. The summed E-state index contributed by atoms with van der Waals surface area (Å²) < 4.78 is 0. The summed E-state index contributed by atoms with van der Waals surface area (Å²) in [4.78, 5) is 13.3. The minimum absolute atomic E-state index is 0.0508. The maximum absolute atomic E-state index is 13.3. The Morgan fingerprint density at radius 3 is 2.29 bits per heavy atom. The molecule has 2 N–H and O–H groups in total. The number of fused-ring (bicyclic) bond motifs is 5. The Labute approximate surface area is 190 Å². The topological polar surface area (TPSA) is 57.5 Å². The van der Waals surface area contributed by atoms with Crippen molar-refractivity contribution in [2.24, 2.45) is 58.2 Å². The van der Waals surface area contributed by atoms with Gasteiger partial charge in [0.05, 0.1) is 12.2 Å². The van der Waals surface area contributed by atoms with E-state index >= 15 is 0 Å². The second kappa shape index (κ2) is 8.42. The fourth-order valence-corrected chi connectivity index (χ4v) is 9.11. The number of carbonyl (C=O) groups excluding carboxylic acids is 1. The van der Waals surface area contributed by atoms with E-state index in [-0.39, 0.29) is 11.3 Å². The first-order valence-corrected chi connectivity index (χ1v) is 13.4. The van der Waals surface area contributed by atoms with Crippen molar-refractivity contribution in [1.82, 2.24) is 0 Å². The van der Waals surface area contributed by atoms with Crippen molar-refractivity contribution in [2.75, 3.05) is 0 Å². The molecule has 0 bridgehead atoms. The number of ketones is 1. The zero-order valence-corrected chi connectivity index (χ0v) is 20.9. The molecule has 0 aromatic heterocycles. The van der Waals surface area contributed by atoms with Crippen LogP contribution in [0.3, 0.4) is 0 Å². The van der Waals surface area contributed by atoms with Gasteiger partial charge in [-0.15, -0.1) is 0 Å². The Kier molecular flexibility index (Phi) is 6.45. The van der Waals surface area contributed by atoms with Crippen LogP contribution in [0.2, 0.25) is 0 Å². The summed E-state index contributed by atoms with van der Waals surface area (Å²) in [6.45, 7) is 14.4. The van der Waals surface area contributed by atoms with Gasteiger partial charge in [-0.1, -0.05) is 54.4 Å². The molecule has 0 spiro atoms. The van der Waals surface area contributed by atoms with E-state index < -0.39 is 12.2 Å². The Hall–Kier alpha value is -0.410. The Morgan fingerprint density at radius 1 is 0.935 bits per heavy atom. The summed E-state index contributed by atoms with van der Waals surface area (Å²) in [5, 5.41) is 20.7. The molecule has 4 fully saturated rings. The Morgan fingerprint density at radius 2 is 1.61 bits per heavy atom. The monoisotopic (exact) mass is 432 g/mol. The van der Waals surface area contributed by atoms with Crippen LogP contribution in [0.4, 0.5) is 0 Å². The third-order valence-corrected chi connectivity index (χ3v) is 11.5. The third-order valence-electron chi connectivity index (χ3n) is 11.5. The van der Waals surface area contributed by atoms with Gasteiger partial charge in [-0.2, -0.15) is 0 Å². The molecule has 178 valence electrons. The van der Waals surface area contributed by atoms with Crippen molar-refractivity contribution < 1.29 is 15.0 Å². The number of aliphatic hydroxyl groups excluding tert-OH is 2. The largest absolute Gasteiger partial charge is 0.390 e. The fourth-order valence-electron chi connectivity index (χ4n) is 9.11. The standard InChI is InChI=1S/C28H48O3/c1-16(2)17(3)7-8-18(4)20-9-10-21-19-13-24(29)23-14-25(30)26(31)15-28(23,6)22(19)11-12-27(20,21)5/h16-23,25-26,30-31H,7-15H2,1-6H3/t17?,18?,19-,20+,21-,22-,23+,25-,26+,27+,28+/m0/s1. The number of aliphatic hydroxyl groups is 2. The molecule has 2 unspecified atom stereocenters. The zero-order chi connectivity index (χ0) is 22.7. The normalized spacial score (nSPS) is 49.3. The molecule has 0 heterocycles. The minimum Gasteiger partial charge on any atom is -0.390 e. The van der Waals surface area contributed by atoms with Gasteiger partial charge in [0.25, 0.3) is 0 Å². The van der Waals surface area contributed by atoms with E-state index in [0.717, 1.165) is 30.1 Å². The molecule has 4 saturated carbocycles. The smallest absolute Gasteiger partial charge is 0.136 e. The highest BCUT2D eigenvalue weighted by atomic mass is 16.3. The summed E-state index contributed by atoms with van der Waals surface area (Å²) in [7, 11) is 0. The summed E-state index contributed by atoms with van der Waals surface area (Å²) in [5.41, 5.74) is 0.244. The fraction of sp³-hybridized carbons (Fsp3) is 0.964. The van der Waals surface area contributed by atoms with Crippen LogP contribution in [0.1, 0.15) is 99.3 Å². The van der Waals surface area contributed by atoms with Crippen LogP contribution in [0, 0.1) is 58.2 Å². The van der Waals surface area contributed by atoms with Gasteiger partial charge in [-0.05, 0) is 90.8 Å². The second-order valence-electron chi connectivity index (χ2n) is 13.2. The molecule has 0 aromatic rings. The lowest BCUT2D eigenvalue weighted by molar-refractivity contribution is -0.173. The van der Waals surface area contributed by atoms with Gasteiger partial charge in [0.2, 0.25) is 0 Å². The summed E-state index contributed by atoms with van der Waals surface area (Å²) in [6, 6.07) is 0. The Balaban J connectivity index is 1.51. The number of hydrogen-bond acceptors (Lipinski definition) is 3. The molecule has 3 heteroatoms. The quantitative estimate of drug-likeness (QED) is 0.572. The van der Waals surface area contributed by atoms with Crippen LogP contribution in [0.15, 0.2) is 0 Å². The highest BCUT2D eigenvalue weighted by Crippen LogP contribution is 2.67. The van der Waals surface area contributed by atoms with Gasteiger partial charge in [-0.25, -0.2) is 0 Å². The first-order chi connectivity index (χ1) is 14.5. The average Bonchev–Trinajstić information content (AvgIpc) is 3.05. The molecule has 4 rings (SSSR count). The van der Waals surface area contributed by atoms with Crippen molar-refractivity contribution in [2.45, 2.75) is 112 Å². The SMILES string of the molecule is CC(C)C(C)CCC(C)[C@H]1CC[C@H]2[C@@H]3CC(=O)[C@H]4C[C@H](O)[C@H](O)C[C@]4(C)[C@H]3CC[C@]12C. The molecule has 0 aromatic carbocycles. The molecular weight excluding hydrogens is 384 g/mol. The highest BCUT2D eigenvalue weighted by Gasteiger charge is 2.63. The number of Topliss-reactive ketones (excluding diaryl/α,β-unsaturated/α-hetero) is 1. The van der Waals surface area contributed by atoms with Gasteiger partial charge in [0, 0.05) is 12.3 Å². The molecular formula is C28H48O3. The first kappa shape index (κ1) is 23.7. The van der Waals surface area contributed by atoms with Crippen LogP contribution in [0.5, 0.6) is 0 Å². The van der Waals surface area contributed by atoms with Crippen LogP contribution in [0.25, 0.3) is 0 Å². The van der Waals surface area contributed by atoms with Gasteiger partial charge in [-0.3, -0.25) is 4.79 Å². The van der Waals surface area contributed by atoms with Gasteiger partial charge >= 0.3 is 0 Å². The summed E-state index contributed by atoms with van der Waals surface area (Å²) >= 11 is 0. The molecule has 31 heavy (non-hydrogen) atoms. The lowest BCUT2D eigenvalue weighted by Crippen LogP contribution is -2.59. The molecule has 11 atom stereocenters. The number of rotatable bonds is 5. The van der Waals surface area contributed by atoms with E-state index in [2.05, 4.69) is 41.5 Å². The zero-order valence-electron chi connectivity index (χ0n) is 20.9. The number of hydrogen-bond donors (Lipinski definition) is 2. The van der Waals surface area contributed by atoms with E-state index in [4.69, 9.17) is 0 Å². The molecule has 3 nitrogen and oxygen atoms in total. The second-order valence-corrected chi connectivity index (χ2v) is 13.2. The molecule has 4 aliphatic carbocycles. The van der Waals surface area contributed by atoms with E-state index in [1.54, 1.807) is 0 Å². The van der Waals surface area contributed by atoms with Crippen molar-refractivity contribution in [3.63, 3.8) is 0 Å². The molecule has 0 aliphatic heterocycles. The summed E-state index contributed by atoms with van der Waals surface area (Å²) in [6.07, 6.45) is 8.16. The Bertz CT molecular complexity index is 673. The van der Waals surface area contributed by atoms with E-state index in [9.17, 15) is 15.0 Å². The van der Waals surface area contributed by atoms with Crippen molar-refractivity contribution >= 4 is 5.78 Å². The minimum atomic E-state index is -0.725. The summed E-state index contributed by atoms with van der Waals surface area (Å²) in [5.74, 6) is 5.12.